The van der Waals surface area contributed by atoms with Gasteiger partial charge in [0.2, 0.25) is 0 Å². The zero-order chi connectivity index (χ0) is 34.7. The molecular weight excluding hydrogens is 640 g/mol. The number of rotatable bonds is 8. The Kier molecular flexibility index (Phi) is 8.68. The summed E-state index contributed by atoms with van der Waals surface area (Å²) in [5.74, 6) is 0. The molecule has 0 atom stereocenters. The van der Waals surface area contributed by atoms with Crippen molar-refractivity contribution < 1.29 is 0 Å². The highest BCUT2D eigenvalue weighted by atomic mass is 35.5. The molecular formula is C48H33ClN2. The monoisotopic (exact) mass is 672 g/mol. The van der Waals surface area contributed by atoms with Gasteiger partial charge in [-0.05, 0) is 85.6 Å². The molecule has 2 heterocycles. The van der Waals surface area contributed by atoms with Crippen LogP contribution in [0, 0.1) is 0 Å². The lowest BCUT2D eigenvalue weighted by atomic mass is 9.90. The van der Waals surface area contributed by atoms with Crippen molar-refractivity contribution in [1.82, 2.24) is 9.97 Å². The minimum Gasteiger partial charge on any atom is -0.256 e. The van der Waals surface area contributed by atoms with Crippen LogP contribution in [0.25, 0.3) is 89.9 Å². The van der Waals surface area contributed by atoms with E-state index in [-0.39, 0.29) is 0 Å². The van der Waals surface area contributed by atoms with Crippen molar-refractivity contribution in [2.75, 3.05) is 0 Å². The van der Waals surface area contributed by atoms with Crippen molar-refractivity contribution >= 4 is 34.5 Å². The maximum Gasteiger partial charge on any atom is 0.0708 e. The van der Waals surface area contributed by atoms with Crippen LogP contribution >= 0.6 is 11.6 Å². The van der Waals surface area contributed by atoms with Crippen LogP contribution in [0.15, 0.2) is 177 Å². The van der Waals surface area contributed by atoms with E-state index < -0.39 is 0 Å². The minimum absolute atomic E-state index is 0.670. The Labute approximate surface area is 303 Å². The van der Waals surface area contributed by atoms with Gasteiger partial charge in [0.05, 0.1) is 11.4 Å². The average molecular weight is 673 g/mol. The normalized spacial score (nSPS) is 11.0. The number of hydrogen-bond acceptors (Lipinski definition) is 2. The first-order valence-corrected chi connectivity index (χ1v) is 17.3. The van der Waals surface area contributed by atoms with Crippen LogP contribution in [0.5, 0.6) is 0 Å². The van der Waals surface area contributed by atoms with Crippen molar-refractivity contribution in [3.05, 3.63) is 193 Å². The van der Waals surface area contributed by atoms with Gasteiger partial charge in [-0.2, -0.15) is 0 Å². The van der Waals surface area contributed by atoms with Crippen molar-refractivity contribution in [3.8, 4) is 67.0 Å². The number of benzene rings is 6. The summed E-state index contributed by atoms with van der Waals surface area (Å²) in [4.78, 5) is 9.84. The molecule has 0 aliphatic rings. The number of halogens is 1. The third-order valence-corrected chi connectivity index (χ3v) is 9.65. The van der Waals surface area contributed by atoms with Crippen molar-refractivity contribution in [1.29, 1.82) is 0 Å². The number of fused-ring (bicyclic) bond motifs is 1. The maximum atomic E-state index is 6.88. The molecule has 0 saturated carbocycles. The van der Waals surface area contributed by atoms with E-state index in [1.165, 1.54) is 10.8 Å². The summed E-state index contributed by atoms with van der Waals surface area (Å²) in [6, 6.07) is 52.5. The fraction of sp³-hybridized carbons (Fsp3) is 0. The zero-order valence-corrected chi connectivity index (χ0v) is 28.7. The van der Waals surface area contributed by atoms with Gasteiger partial charge in [-0.25, -0.2) is 0 Å². The third-order valence-electron chi connectivity index (χ3n) is 9.43. The zero-order valence-electron chi connectivity index (χ0n) is 27.9. The number of pyridine rings is 2. The Morgan fingerprint density at radius 2 is 0.922 bits per heavy atom. The van der Waals surface area contributed by atoms with Crippen LogP contribution in [0.2, 0.25) is 5.02 Å². The van der Waals surface area contributed by atoms with Gasteiger partial charge in [-0.3, -0.25) is 9.97 Å². The van der Waals surface area contributed by atoms with E-state index in [4.69, 9.17) is 21.6 Å². The molecule has 0 aliphatic heterocycles. The molecule has 0 fully saturated rings. The van der Waals surface area contributed by atoms with Crippen LogP contribution in [0.3, 0.4) is 0 Å². The molecule has 242 valence electrons. The summed E-state index contributed by atoms with van der Waals surface area (Å²) in [6.45, 7) is 7.99. The van der Waals surface area contributed by atoms with Crippen LogP contribution in [0.1, 0.15) is 11.1 Å². The first kappa shape index (κ1) is 31.9. The predicted octanol–water partition coefficient (Wildman–Crippen LogP) is 13.6. The van der Waals surface area contributed by atoms with Crippen LogP contribution < -0.4 is 0 Å². The summed E-state index contributed by atoms with van der Waals surface area (Å²) in [6.07, 6.45) is 7.63. The molecule has 0 unspecified atom stereocenters. The lowest BCUT2D eigenvalue weighted by Crippen LogP contribution is -1.92. The van der Waals surface area contributed by atoms with Crippen LogP contribution in [0.4, 0.5) is 0 Å². The summed E-state index contributed by atoms with van der Waals surface area (Å²) in [5.41, 5.74) is 14.5. The van der Waals surface area contributed by atoms with Crippen molar-refractivity contribution in [2.45, 2.75) is 0 Å². The second kappa shape index (κ2) is 13.9. The first-order chi connectivity index (χ1) is 25.1. The Balaban J connectivity index is 1.15. The van der Waals surface area contributed by atoms with E-state index >= 15 is 0 Å². The average Bonchev–Trinajstić information content (AvgIpc) is 3.20. The topological polar surface area (TPSA) is 25.8 Å². The number of nitrogens with zero attached hydrogens (tertiary/aromatic N) is 2. The predicted molar refractivity (Wildman–Crippen MR) is 217 cm³/mol. The molecule has 0 aliphatic carbocycles. The molecule has 51 heavy (non-hydrogen) atoms. The van der Waals surface area contributed by atoms with Gasteiger partial charge in [0.15, 0.2) is 0 Å². The molecule has 2 nitrogen and oxygen atoms in total. The van der Waals surface area contributed by atoms with Gasteiger partial charge in [-0.1, -0.05) is 158 Å². The Morgan fingerprint density at radius 1 is 0.431 bits per heavy atom. The van der Waals surface area contributed by atoms with Crippen molar-refractivity contribution in [3.63, 3.8) is 0 Å². The highest BCUT2D eigenvalue weighted by molar-refractivity contribution is 6.31. The Bertz CT molecular complexity index is 2560. The molecule has 6 aromatic carbocycles. The fourth-order valence-corrected chi connectivity index (χ4v) is 7.19. The van der Waals surface area contributed by atoms with Gasteiger partial charge in [0.1, 0.15) is 0 Å². The van der Waals surface area contributed by atoms with Gasteiger partial charge in [0.25, 0.3) is 0 Å². The lowest BCUT2D eigenvalue weighted by Gasteiger charge is -2.15. The summed E-state index contributed by atoms with van der Waals surface area (Å²) in [5, 5.41) is 3.07. The molecule has 0 amide bonds. The Morgan fingerprint density at radius 3 is 1.49 bits per heavy atom. The smallest absolute Gasteiger partial charge is 0.0708 e. The van der Waals surface area contributed by atoms with Crippen LogP contribution in [-0.2, 0) is 0 Å². The highest BCUT2D eigenvalue weighted by Gasteiger charge is 2.15. The van der Waals surface area contributed by atoms with E-state index in [1.807, 2.05) is 48.8 Å². The molecule has 0 saturated heterocycles. The summed E-state index contributed by atoms with van der Waals surface area (Å²) >= 11 is 6.88. The SMILES string of the molecule is C=Cc1cccc(-c2ccc(-c3ccccc3-c3cc(Cl)cc(-c4ccccc4-c4ccc(-c5cccc6ccccc56)nc4)c3)cn2)c1C=C. The summed E-state index contributed by atoms with van der Waals surface area (Å²) < 4.78 is 0. The Hall–Kier alpha value is -6.35. The van der Waals surface area contributed by atoms with Gasteiger partial charge in [-0.15, -0.1) is 0 Å². The quantitative estimate of drug-likeness (QED) is 0.160. The van der Waals surface area contributed by atoms with E-state index in [1.54, 1.807) is 0 Å². The second-order valence-electron chi connectivity index (χ2n) is 12.4. The molecule has 0 spiro atoms. The van der Waals surface area contributed by atoms with E-state index in [0.29, 0.717) is 5.02 Å². The molecule has 2 aromatic heterocycles. The molecule has 3 heteroatoms. The van der Waals surface area contributed by atoms with Gasteiger partial charge < -0.3 is 0 Å². The number of hydrogen-bond donors (Lipinski definition) is 0. The van der Waals surface area contributed by atoms with Gasteiger partial charge >= 0.3 is 0 Å². The fourth-order valence-electron chi connectivity index (χ4n) is 6.96. The molecule has 0 N–H and O–H groups in total. The largest absolute Gasteiger partial charge is 0.256 e. The maximum absolute atomic E-state index is 6.88. The lowest BCUT2D eigenvalue weighted by molar-refractivity contribution is 1.32. The number of aromatic nitrogens is 2. The molecule has 8 rings (SSSR count). The third kappa shape index (κ3) is 6.18. The van der Waals surface area contributed by atoms with E-state index in [0.717, 1.165) is 78.1 Å². The van der Waals surface area contributed by atoms with Crippen molar-refractivity contribution in [2.24, 2.45) is 0 Å². The van der Waals surface area contributed by atoms with E-state index in [9.17, 15) is 0 Å². The molecule has 0 bridgehead atoms. The second-order valence-corrected chi connectivity index (χ2v) is 12.9. The highest BCUT2D eigenvalue weighted by Crippen LogP contribution is 2.40. The van der Waals surface area contributed by atoms with Crippen LogP contribution in [-0.4, -0.2) is 9.97 Å². The molecule has 8 aromatic rings. The minimum atomic E-state index is 0.670. The standard InChI is InChI=1S/C48H33ClN2/c1-3-32-14-11-21-45(39(32)4-2)47-25-23-34(30-50-47)41-17-7-9-19-43(41)36-27-37(29-38(49)28-36)44-20-10-8-18-42(44)35-24-26-48(51-31-35)46-22-12-15-33-13-5-6-16-40(33)46/h3-31H,1-2H2. The first-order valence-electron chi connectivity index (χ1n) is 16.9. The van der Waals surface area contributed by atoms with Gasteiger partial charge in [0, 0.05) is 39.7 Å². The van der Waals surface area contributed by atoms with E-state index in [2.05, 4.69) is 141 Å². The summed E-state index contributed by atoms with van der Waals surface area (Å²) in [7, 11) is 0. The molecule has 0 radical (unpaired) electrons.